The van der Waals surface area contributed by atoms with E-state index >= 15 is 0 Å². The molecular formula is C49H44N4O4. The molecule has 0 spiro atoms. The van der Waals surface area contributed by atoms with Gasteiger partial charge in [-0.2, -0.15) is 0 Å². The second kappa shape index (κ2) is 15.4. The summed E-state index contributed by atoms with van der Waals surface area (Å²) in [6, 6.07) is 41.2. The number of rotatable bonds is 12. The molecule has 0 saturated heterocycles. The number of fused-ring (bicyclic) bond motifs is 2. The maximum Gasteiger partial charge on any atom is 0.335 e. The van der Waals surface area contributed by atoms with Gasteiger partial charge in [-0.15, -0.1) is 0 Å². The number of nitrogens with zero attached hydrogens (tertiary/aromatic N) is 4. The lowest BCUT2D eigenvalue weighted by Gasteiger charge is -2.16. The zero-order chi connectivity index (χ0) is 39.8. The van der Waals surface area contributed by atoms with E-state index in [1.807, 2.05) is 41.9 Å². The highest BCUT2D eigenvalue weighted by molar-refractivity contribution is 5.94. The van der Waals surface area contributed by atoms with Crippen LogP contribution in [0, 0.1) is 20.8 Å². The minimum atomic E-state index is -0.971. The molecule has 8 heteroatoms. The summed E-state index contributed by atoms with van der Waals surface area (Å²) in [6.45, 7) is 7.17. The molecule has 0 aliphatic rings. The zero-order valence-corrected chi connectivity index (χ0v) is 32.6. The van der Waals surface area contributed by atoms with E-state index in [1.54, 1.807) is 12.1 Å². The normalized spacial score (nSPS) is 11.4. The first-order valence-electron chi connectivity index (χ1n) is 19.3. The van der Waals surface area contributed by atoms with Gasteiger partial charge in [-0.05, 0) is 115 Å². The molecule has 0 fully saturated rings. The number of aliphatic carboxylic acids is 1. The van der Waals surface area contributed by atoms with Crippen LogP contribution >= 0.6 is 0 Å². The van der Waals surface area contributed by atoms with Crippen molar-refractivity contribution in [1.82, 2.24) is 19.1 Å². The number of hydrogen-bond acceptors (Lipinski definition) is 4. The molecule has 0 radical (unpaired) electrons. The van der Waals surface area contributed by atoms with Gasteiger partial charge in [0, 0.05) is 31.1 Å². The summed E-state index contributed by atoms with van der Waals surface area (Å²) in [7, 11) is 1.97. The summed E-state index contributed by atoms with van der Waals surface area (Å²) in [6.07, 6.45) is 2.29. The van der Waals surface area contributed by atoms with Gasteiger partial charge in [-0.1, -0.05) is 96.6 Å². The van der Waals surface area contributed by atoms with E-state index < -0.39 is 11.9 Å². The maximum atomic E-state index is 11.6. The molecule has 0 unspecified atom stereocenters. The topological polar surface area (TPSA) is 110 Å². The third kappa shape index (κ3) is 7.34. The fraction of sp³-hybridized carbons (Fsp3) is 0.184. The van der Waals surface area contributed by atoms with Crippen LogP contribution in [-0.2, 0) is 31.2 Å². The number of carboxylic acid groups (broad SMARTS) is 2. The Hall–Kier alpha value is -6.80. The number of imidazole rings is 2. The summed E-state index contributed by atoms with van der Waals surface area (Å²) >= 11 is 0. The van der Waals surface area contributed by atoms with E-state index in [4.69, 9.17) is 9.97 Å². The smallest absolute Gasteiger partial charge is 0.335 e. The lowest BCUT2D eigenvalue weighted by atomic mass is 9.93. The number of carbonyl (C=O) groups is 2. The van der Waals surface area contributed by atoms with Gasteiger partial charge in [-0.3, -0.25) is 4.79 Å². The molecule has 0 bridgehead atoms. The molecule has 8 aromatic rings. The standard InChI is InChI=1S/C49H44N4O4/c1-30-15-20-36(31(2)26-30)39-12-6-8-14-41(39)48-51-42-28-34(18-24-46(54)55)17-22-45(42)53(48)25-9-10-33-16-21-37(32(3)27-33)38-11-5-7-13-40(38)47-50-43-29-35(49(56)57)19-23-44(43)52(47)4/h5-8,11-17,19-23,26-29H,9-10,18,24-25H2,1-4H3,(H,54,55)(H,56,57). The van der Waals surface area contributed by atoms with Crippen LogP contribution in [0.15, 0.2) is 121 Å². The number of aromatic carboxylic acids is 1. The Balaban J connectivity index is 1.10. The summed E-state index contributed by atoms with van der Waals surface area (Å²) in [5.74, 6) is -0.0972. The van der Waals surface area contributed by atoms with Crippen molar-refractivity contribution in [3.05, 3.63) is 155 Å². The Bertz CT molecular complexity index is 2850. The Kier molecular flexibility index (Phi) is 10.0. The average molecular weight is 753 g/mol. The van der Waals surface area contributed by atoms with Gasteiger partial charge in [-0.25, -0.2) is 14.8 Å². The van der Waals surface area contributed by atoms with Crippen LogP contribution in [0.5, 0.6) is 0 Å². The van der Waals surface area contributed by atoms with Crippen molar-refractivity contribution in [2.45, 2.75) is 53.0 Å². The first-order valence-corrected chi connectivity index (χ1v) is 19.3. The van der Waals surface area contributed by atoms with Crippen molar-refractivity contribution >= 4 is 34.0 Å². The van der Waals surface area contributed by atoms with Gasteiger partial charge in [0.15, 0.2) is 0 Å². The molecule has 2 aromatic heterocycles. The summed E-state index contributed by atoms with van der Waals surface area (Å²) in [5.41, 5.74) is 16.0. The van der Waals surface area contributed by atoms with Gasteiger partial charge >= 0.3 is 11.9 Å². The molecule has 284 valence electrons. The van der Waals surface area contributed by atoms with Crippen LogP contribution in [0.25, 0.3) is 67.1 Å². The number of benzene rings is 6. The highest BCUT2D eigenvalue weighted by Gasteiger charge is 2.20. The summed E-state index contributed by atoms with van der Waals surface area (Å²) in [4.78, 5) is 33.1. The third-order valence-electron chi connectivity index (χ3n) is 11.0. The maximum absolute atomic E-state index is 11.6. The van der Waals surface area contributed by atoms with Gasteiger partial charge in [0.05, 0.1) is 27.6 Å². The van der Waals surface area contributed by atoms with Crippen molar-refractivity contribution in [3.63, 3.8) is 0 Å². The molecule has 57 heavy (non-hydrogen) atoms. The van der Waals surface area contributed by atoms with Crippen LogP contribution in [0.4, 0.5) is 0 Å². The van der Waals surface area contributed by atoms with E-state index in [9.17, 15) is 19.8 Å². The number of hydrogen-bond donors (Lipinski definition) is 2. The van der Waals surface area contributed by atoms with Gasteiger partial charge in [0.25, 0.3) is 0 Å². The monoisotopic (exact) mass is 752 g/mol. The molecule has 0 atom stereocenters. The fourth-order valence-corrected chi connectivity index (χ4v) is 8.15. The molecule has 6 aromatic carbocycles. The van der Waals surface area contributed by atoms with E-state index in [1.165, 1.54) is 22.3 Å². The highest BCUT2D eigenvalue weighted by Crippen LogP contribution is 2.37. The Morgan fingerprint density at radius 1 is 0.579 bits per heavy atom. The molecule has 8 rings (SSSR count). The Labute approximate surface area is 331 Å². The summed E-state index contributed by atoms with van der Waals surface area (Å²) < 4.78 is 4.35. The number of carboxylic acids is 2. The van der Waals surface area contributed by atoms with Crippen LogP contribution in [0.3, 0.4) is 0 Å². The second-order valence-corrected chi connectivity index (χ2v) is 15.0. The van der Waals surface area contributed by atoms with Crippen LogP contribution in [0.2, 0.25) is 0 Å². The highest BCUT2D eigenvalue weighted by atomic mass is 16.4. The largest absolute Gasteiger partial charge is 0.481 e. The molecule has 0 aliphatic carbocycles. The van der Waals surface area contributed by atoms with Gasteiger partial charge < -0.3 is 19.3 Å². The second-order valence-electron chi connectivity index (χ2n) is 15.0. The van der Waals surface area contributed by atoms with Crippen LogP contribution < -0.4 is 0 Å². The van der Waals surface area contributed by atoms with Crippen molar-refractivity contribution in [1.29, 1.82) is 0 Å². The van der Waals surface area contributed by atoms with Crippen LogP contribution in [-0.4, -0.2) is 41.3 Å². The van der Waals surface area contributed by atoms with Crippen molar-refractivity contribution in [2.75, 3.05) is 0 Å². The minimum absolute atomic E-state index is 0.0772. The zero-order valence-electron chi connectivity index (χ0n) is 32.6. The van der Waals surface area contributed by atoms with E-state index in [0.29, 0.717) is 11.9 Å². The van der Waals surface area contributed by atoms with E-state index in [0.717, 1.165) is 86.5 Å². The molecule has 8 nitrogen and oxygen atoms in total. The molecule has 2 N–H and O–H groups in total. The van der Waals surface area contributed by atoms with Crippen molar-refractivity contribution < 1.29 is 19.8 Å². The lowest BCUT2D eigenvalue weighted by Crippen LogP contribution is -2.04. The SMILES string of the molecule is Cc1ccc(-c2ccccc2-c2nc3cc(CCC(=O)O)ccc3n2CCCc2ccc(-c3ccccc3-c3nc4cc(C(=O)O)ccc4n3C)c(C)c2)c(C)c1. The van der Waals surface area contributed by atoms with E-state index in [-0.39, 0.29) is 12.0 Å². The van der Waals surface area contributed by atoms with E-state index in [2.05, 4.69) is 104 Å². The van der Waals surface area contributed by atoms with Gasteiger partial charge in [0.2, 0.25) is 0 Å². The first kappa shape index (κ1) is 37.1. The fourth-order valence-electron chi connectivity index (χ4n) is 8.15. The molecule has 0 saturated carbocycles. The van der Waals surface area contributed by atoms with Gasteiger partial charge in [0.1, 0.15) is 11.6 Å². The first-order chi connectivity index (χ1) is 27.5. The Morgan fingerprint density at radius 3 is 1.82 bits per heavy atom. The molecule has 2 heterocycles. The average Bonchev–Trinajstić information content (AvgIpc) is 3.73. The quantitative estimate of drug-likeness (QED) is 0.129. The number of aryl methyl sites for hydroxylation is 7. The molecular weight excluding hydrogens is 709 g/mol. The van der Waals surface area contributed by atoms with Crippen LogP contribution in [0.1, 0.15) is 51.0 Å². The molecule has 0 aliphatic heterocycles. The third-order valence-corrected chi connectivity index (χ3v) is 11.0. The minimum Gasteiger partial charge on any atom is -0.481 e. The summed E-state index contributed by atoms with van der Waals surface area (Å²) in [5, 5.41) is 18.9. The molecule has 0 amide bonds. The Morgan fingerprint density at radius 2 is 1.16 bits per heavy atom. The van der Waals surface area contributed by atoms with Crippen molar-refractivity contribution in [3.8, 4) is 45.0 Å². The predicted molar refractivity (Wildman–Crippen MR) is 228 cm³/mol. The predicted octanol–water partition coefficient (Wildman–Crippen LogP) is 10.9. The van der Waals surface area contributed by atoms with Crippen molar-refractivity contribution in [2.24, 2.45) is 7.05 Å². The lowest BCUT2D eigenvalue weighted by molar-refractivity contribution is -0.136. The number of aromatic nitrogens is 4.